The maximum absolute atomic E-state index is 12.6. The van der Waals surface area contributed by atoms with Gasteiger partial charge >= 0.3 is 0 Å². The summed E-state index contributed by atoms with van der Waals surface area (Å²) in [5, 5.41) is 4.03. The van der Waals surface area contributed by atoms with E-state index in [1.165, 1.54) is 16.0 Å². The number of fused-ring (bicyclic) bond motifs is 1. The summed E-state index contributed by atoms with van der Waals surface area (Å²) in [5.41, 5.74) is 5.41. The van der Waals surface area contributed by atoms with Crippen LogP contribution in [0.25, 0.3) is 20.8 Å². The lowest BCUT2D eigenvalue weighted by Crippen LogP contribution is -2.48. The Kier molecular flexibility index (Phi) is 5.88. The largest absolute Gasteiger partial charge is 0.369 e. The molecule has 3 aromatic carbocycles. The quantitative estimate of drug-likeness (QED) is 0.471. The van der Waals surface area contributed by atoms with Crippen LogP contribution in [0.5, 0.6) is 0 Å². The first-order valence-corrected chi connectivity index (χ1v) is 11.8. The van der Waals surface area contributed by atoms with E-state index < -0.39 is 0 Å². The van der Waals surface area contributed by atoms with Crippen molar-refractivity contribution in [2.75, 3.05) is 42.9 Å². The van der Waals surface area contributed by atoms with E-state index in [1.54, 1.807) is 11.3 Å². The highest BCUT2D eigenvalue weighted by atomic mass is 32.1. The number of aryl methyl sites for hydroxylation is 1. The monoisotopic (exact) mass is 442 g/mol. The highest BCUT2D eigenvalue weighted by molar-refractivity contribution is 7.21. The smallest absolute Gasteiger partial charge is 0.238 e. The van der Waals surface area contributed by atoms with Gasteiger partial charge < -0.3 is 10.2 Å². The zero-order valence-electron chi connectivity index (χ0n) is 18.1. The Bertz CT molecular complexity index is 1210. The summed E-state index contributed by atoms with van der Waals surface area (Å²) >= 11 is 1.70. The molecule has 2 heterocycles. The van der Waals surface area contributed by atoms with Crippen molar-refractivity contribution in [1.29, 1.82) is 0 Å². The Balaban J connectivity index is 1.15. The van der Waals surface area contributed by atoms with Crippen LogP contribution in [0.1, 0.15) is 5.56 Å². The second-order valence-electron chi connectivity index (χ2n) is 8.21. The predicted octanol–water partition coefficient (Wildman–Crippen LogP) is 5.03. The van der Waals surface area contributed by atoms with E-state index in [1.807, 2.05) is 30.3 Å². The van der Waals surface area contributed by atoms with Crippen molar-refractivity contribution >= 4 is 38.8 Å². The number of thiazole rings is 1. The zero-order chi connectivity index (χ0) is 21.9. The van der Waals surface area contributed by atoms with Crippen LogP contribution in [0.3, 0.4) is 0 Å². The lowest BCUT2D eigenvalue weighted by Gasteiger charge is -2.35. The van der Waals surface area contributed by atoms with Gasteiger partial charge in [-0.1, -0.05) is 24.3 Å². The first-order valence-electron chi connectivity index (χ1n) is 10.9. The summed E-state index contributed by atoms with van der Waals surface area (Å²) < 4.78 is 1.20. The van der Waals surface area contributed by atoms with Gasteiger partial charge in [-0.05, 0) is 61.0 Å². The zero-order valence-corrected chi connectivity index (χ0v) is 18.9. The summed E-state index contributed by atoms with van der Waals surface area (Å²) in [5.74, 6) is 0.0290. The third kappa shape index (κ3) is 4.66. The minimum Gasteiger partial charge on any atom is -0.369 e. The molecular weight excluding hydrogens is 416 g/mol. The predicted molar refractivity (Wildman–Crippen MR) is 134 cm³/mol. The summed E-state index contributed by atoms with van der Waals surface area (Å²) in [6.45, 7) is 6.17. The Morgan fingerprint density at radius 3 is 2.47 bits per heavy atom. The number of para-hydroxylation sites is 1. The molecule has 1 amide bonds. The van der Waals surface area contributed by atoms with Crippen molar-refractivity contribution in [3.8, 4) is 10.6 Å². The van der Waals surface area contributed by atoms with E-state index in [-0.39, 0.29) is 5.91 Å². The molecule has 0 unspecified atom stereocenters. The van der Waals surface area contributed by atoms with E-state index in [0.29, 0.717) is 6.54 Å². The van der Waals surface area contributed by atoms with Crippen LogP contribution in [-0.2, 0) is 4.79 Å². The molecule has 0 aliphatic carbocycles. The second kappa shape index (κ2) is 9.10. The van der Waals surface area contributed by atoms with Gasteiger partial charge in [0.1, 0.15) is 5.01 Å². The third-order valence-electron chi connectivity index (χ3n) is 5.82. The molecule has 1 aliphatic rings. The van der Waals surface area contributed by atoms with Gasteiger partial charge in [-0.25, -0.2) is 4.98 Å². The van der Waals surface area contributed by atoms with Crippen LogP contribution in [0.2, 0.25) is 0 Å². The van der Waals surface area contributed by atoms with Crippen molar-refractivity contribution in [2.45, 2.75) is 6.92 Å². The van der Waals surface area contributed by atoms with Crippen molar-refractivity contribution in [2.24, 2.45) is 0 Å². The van der Waals surface area contributed by atoms with Crippen LogP contribution in [0.4, 0.5) is 11.4 Å². The first-order chi connectivity index (χ1) is 15.6. The maximum Gasteiger partial charge on any atom is 0.238 e. The number of nitrogens with zero attached hydrogens (tertiary/aromatic N) is 3. The Labute approximate surface area is 192 Å². The fourth-order valence-electron chi connectivity index (χ4n) is 4.06. The van der Waals surface area contributed by atoms with Gasteiger partial charge in [-0.2, -0.15) is 0 Å². The van der Waals surface area contributed by atoms with Crippen molar-refractivity contribution in [1.82, 2.24) is 9.88 Å². The van der Waals surface area contributed by atoms with Crippen LogP contribution in [-0.4, -0.2) is 48.5 Å². The average Bonchev–Trinajstić information content (AvgIpc) is 3.24. The summed E-state index contributed by atoms with van der Waals surface area (Å²) in [6.07, 6.45) is 0. The summed E-state index contributed by atoms with van der Waals surface area (Å²) in [6, 6.07) is 24.7. The molecule has 0 radical (unpaired) electrons. The molecule has 1 N–H and O–H groups in total. The minimum atomic E-state index is 0.0290. The molecule has 1 aliphatic heterocycles. The fraction of sp³-hybridized carbons (Fsp3) is 0.231. The molecule has 5 rings (SSSR count). The molecular formula is C26H26N4OS. The van der Waals surface area contributed by atoms with Gasteiger partial charge in [0.15, 0.2) is 0 Å². The molecule has 162 valence electrons. The van der Waals surface area contributed by atoms with Crippen molar-refractivity contribution < 1.29 is 4.79 Å². The number of amides is 1. The SMILES string of the molecule is Cc1ccc2nc(-c3ccc(NC(=O)CN4CCN(c5ccccc5)CC4)cc3)sc2c1. The molecule has 6 heteroatoms. The maximum atomic E-state index is 12.6. The number of aromatic nitrogens is 1. The number of carbonyl (C=O) groups is 1. The van der Waals surface area contributed by atoms with E-state index in [2.05, 4.69) is 64.5 Å². The molecule has 32 heavy (non-hydrogen) atoms. The third-order valence-corrected chi connectivity index (χ3v) is 6.89. The molecule has 0 saturated carbocycles. The molecule has 4 aromatic rings. The number of hydrogen-bond acceptors (Lipinski definition) is 5. The van der Waals surface area contributed by atoms with E-state index in [4.69, 9.17) is 4.98 Å². The van der Waals surface area contributed by atoms with Gasteiger partial charge in [-0.3, -0.25) is 9.69 Å². The first kappa shape index (κ1) is 20.7. The lowest BCUT2D eigenvalue weighted by molar-refractivity contribution is -0.117. The number of rotatable bonds is 5. The van der Waals surface area contributed by atoms with Gasteiger partial charge in [-0.15, -0.1) is 11.3 Å². The Morgan fingerprint density at radius 2 is 1.72 bits per heavy atom. The van der Waals surface area contributed by atoms with Gasteiger partial charge in [0.25, 0.3) is 0 Å². The van der Waals surface area contributed by atoms with E-state index in [0.717, 1.165) is 48.0 Å². The van der Waals surface area contributed by atoms with Gasteiger partial charge in [0, 0.05) is 43.1 Å². The topological polar surface area (TPSA) is 48.5 Å². The van der Waals surface area contributed by atoms with Gasteiger partial charge in [0.2, 0.25) is 5.91 Å². The standard InChI is InChI=1S/C26H26N4OS/c1-19-7-12-23-24(17-19)32-26(28-23)20-8-10-21(11-9-20)27-25(31)18-29-13-15-30(16-14-29)22-5-3-2-4-6-22/h2-12,17H,13-16,18H2,1H3,(H,27,31). The number of hydrogen-bond donors (Lipinski definition) is 1. The normalized spacial score (nSPS) is 14.6. The number of anilines is 2. The molecule has 5 nitrogen and oxygen atoms in total. The lowest BCUT2D eigenvalue weighted by atomic mass is 10.2. The molecule has 1 fully saturated rings. The number of piperazine rings is 1. The summed E-state index contributed by atoms with van der Waals surface area (Å²) in [7, 11) is 0. The van der Waals surface area contributed by atoms with Crippen molar-refractivity contribution in [3.05, 3.63) is 78.4 Å². The Hall–Kier alpha value is -3.22. The van der Waals surface area contributed by atoms with Gasteiger partial charge in [0.05, 0.1) is 16.8 Å². The van der Waals surface area contributed by atoms with Crippen LogP contribution >= 0.6 is 11.3 Å². The molecule has 0 bridgehead atoms. The summed E-state index contributed by atoms with van der Waals surface area (Å²) in [4.78, 5) is 21.9. The Morgan fingerprint density at radius 1 is 0.969 bits per heavy atom. The minimum absolute atomic E-state index is 0.0290. The van der Waals surface area contributed by atoms with Crippen LogP contribution in [0, 0.1) is 6.92 Å². The fourth-order valence-corrected chi connectivity index (χ4v) is 5.13. The van der Waals surface area contributed by atoms with Crippen LogP contribution in [0.15, 0.2) is 72.8 Å². The number of carbonyl (C=O) groups excluding carboxylic acids is 1. The molecule has 1 aromatic heterocycles. The highest BCUT2D eigenvalue weighted by Gasteiger charge is 2.19. The molecule has 0 spiro atoms. The van der Waals surface area contributed by atoms with E-state index in [9.17, 15) is 4.79 Å². The highest BCUT2D eigenvalue weighted by Crippen LogP contribution is 2.31. The molecule has 1 saturated heterocycles. The van der Waals surface area contributed by atoms with Crippen molar-refractivity contribution in [3.63, 3.8) is 0 Å². The second-order valence-corrected chi connectivity index (χ2v) is 9.25. The average molecular weight is 443 g/mol. The number of nitrogens with one attached hydrogen (secondary N) is 1. The molecule has 0 atom stereocenters. The van der Waals surface area contributed by atoms with Crippen LogP contribution < -0.4 is 10.2 Å². The number of benzene rings is 3. The van der Waals surface area contributed by atoms with E-state index >= 15 is 0 Å².